The molecule has 0 unspecified atom stereocenters. The van der Waals surface area contributed by atoms with Crippen molar-refractivity contribution in [3.05, 3.63) is 97.1 Å². The van der Waals surface area contributed by atoms with Gasteiger partial charge in [0.2, 0.25) is 0 Å². The fourth-order valence-corrected chi connectivity index (χ4v) is 8.43. The van der Waals surface area contributed by atoms with E-state index in [2.05, 4.69) is 48.5 Å². The molecule has 0 aliphatic carbocycles. The molecule has 0 aliphatic rings. The number of hydrogen-bond acceptors (Lipinski definition) is 4. The van der Waals surface area contributed by atoms with Crippen LogP contribution in [0.4, 0.5) is 0 Å². The summed E-state index contributed by atoms with van der Waals surface area (Å²) in [6, 6.07) is 32.6. The zero-order valence-electron chi connectivity index (χ0n) is 20.2. The third-order valence-electron chi connectivity index (χ3n) is 5.37. The fraction of sp³-hybridized carbons (Fsp3) is 0.143. The molecule has 0 fully saturated rings. The molecule has 7 heteroatoms. The number of nitrogens with zero attached hydrogens (tertiary/aromatic N) is 1. The first-order valence-corrected chi connectivity index (χ1v) is 13.6. The van der Waals surface area contributed by atoms with Crippen molar-refractivity contribution in [1.29, 1.82) is 0 Å². The molecular formula is C28H28NO4P2. The van der Waals surface area contributed by atoms with Gasteiger partial charge in [-0.1, -0.05) is 48.5 Å². The fourth-order valence-electron chi connectivity index (χ4n) is 3.56. The van der Waals surface area contributed by atoms with Crippen molar-refractivity contribution >= 4 is 37.4 Å². The average molecular weight is 504 g/mol. The summed E-state index contributed by atoms with van der Waals surface area (Å²) in [5.74, 6) is 3.22. The lowest BCUT2D eigenvalue weighted by atomic mass is 10.3. The molecule has 4 aromatic rings. The first kappa shape index (κ1) is 25.0. The Labute approximate surface area is 209 Å². The van der Waals surface area contributed by atoms with Crippen LogP contribution in [0.3, 0.4) is 0 Å². The predicted molar refractivity (Wildman–Crippen MR) is 146 cm³/mol. The van der Waals surface area contributed by atoms with Gasteiger partial charge in [-0.05, 0) is 48.5 Å². The highest BCUT2D eigenvalue weighted by Gasteiger charge is 2.25. The molecule has 0 atom stereocenters. The Morgan fingerprint density at radius 3 is 0.914 bits per heavy atom. The van der Waals surface area contributed by atoms with Crippen LogP contribution in [0.2, 0.25) is 0 Å². The standard InChI is InChI=1S/C28H28NO4P2/c1-30-21-9-5-13-25(17-21)34(26-14-6-10-22(18-26)31-2)29-35(27-15-7-11-23(19-27)32-3)28-16-8-12-24(20-28)33-4/h5-20H,1-4H3. The molecule has 0 aromatic heterocycles. The van der Waals surface area contributed by atoms with Crippen LogP contribution < -0.4 is 45.0 Å². The highest BCUT2D eigenvalue weighted by atomic mass is 31.2. The molecule has 0 spiro atoms. The minimum Gasteiger partial charge on any atom is -0.497 e. The lowest BCUT2D eigenvalue weighted by Crippen LogP contribution is -2.24. The highest BCUT2D eigenvalue weighted by molar-refractivity contribution is 7.85. The summed E-state index contributed by atoms with van der Waals surface area (Å²) < 4.78 is 22.1. The third-order valence-corrected chi connectivity index (χ3v) is 9.87. The summed E-state index contributed by atoms with van der Waals surface area (Å²) in [5, 5.41) is 4.41. The molecule has 179 valence electrons. The molecule has 0 heterocycles. The van der Waals surface area contributed by atoms with Crippen LogP contribution in [0.15, 0.2) is 97.1 Å². The van der Waals surface area contributed by atoms with Gasteiger partial charge in [0, 0.05) is 37.4 Å². The molecule has 35 heavy (non-hydrogen) atoms. The van der Waals surface area contributed by atoms with Gasteiger partial charge in [-0.2, -0.15) is 4.86 Å². The van der Waals surface area contributed by atoms with E-state index in [1.165, 1.54) is 0 Å². The van der Waals surface area contributed by atoms with E-state index in [1.807, 2.05) is 48.5 Å². The van der Waals surface area contributed by atoms with E-state index in [1.54, 1.807) is 28.4 Å². The third kappa shape index (κ3) is 6.13. The van der Waals surface area contributed by atoms with Crippen molar-refractivity contribution in [1.82, 2.24) is 4.86 Å². The molecular weight excluding hydrogens is 476 g/mol. The van der Waals surface area contributed by atoms with Crippen LogP contribution in [-0.4, -0.2) is 28.4 Å². The number of ether oxygens (including phenoxy) is 4. The van der Waals surface area contributed by atoms with Gasteiger partial charge in [0.25, 0.3) is 0 Å². The summed E-state index contributed by atoms with van der Waals surface area (Å²) in [6.07, 6.45) is 0. The Hall–Kier alpha value is -3.10. The Bertz CT molecular complexity index is 1070. The Balaban J connectivity index is 1.85. The minimum absolute atomic E-state index is 0.806. The van der Waals surface area contributed by atoms with E-state index in [0.717, 1.165) is 44.2 Å². The molecule has 0 bridgehead atoms. The van der Waals surface area contributed by atoms with E-state index in [0.29, 0.717) is 0 Å². The lowest BCUT2D eigenvalue weighted by molar-refractivity contribution is 0.415. The van der Waals surface area contributed by atoms with Crippen LogP contribution in [0.1, 0.15) is 0 Å². The zero-order chi connectivity index (χ0) is 24.6. The summed E-state index contributed by atoms with van der Waals surface area (Å²) in [7, 11) is 4.54. The molecule has 0 N–H and O–H groups in total. The van der Waals surface area contributed by atoms with Crippen molar-refractivity contribution in [2.45, 2.75) is 0 Å². The summed E-state index contributed by atoms with van der Waals surface area (Å²) in [5.41, 5.74) is 0. The maximum absolute atomic E-state index is 5.57. The van der Waals surface area contributed by atoms with Gasteiger partial charge in [-0.3, -0.25) is 0 Å². The van der Waals surface area contributed by atoms with E-state index in [-0.39, 0.29) is 0 Å². The van der Waals surface area contributed by atoms with Crippen LogP contribution in [0, 0.1) is 0 Å². The Kier molecular flexibility index (Phi) is 8.60. The van der Waals surface area contributed by atoms with Crippen molar-refractivity contribution in [2.75, 3.05) is 28.4 Å². The van der Waals surface area contributed by atoms with Crippen molar-refractivity contribution in [3.8, 4) is 23.0 Å². The summed E-state index contributed by atoms with van der Waals surface area (Å²) in [4.78, 5) is 5.57. The summed E-state index contributed by atoms with van der Waals surface area (Å²) >= 11 is 0. The van der Waals surface area contributed by atoms with Crippen LogP contribution in [0.5, 0.6) is 23.0 Å². The topological polar surface area (TPSA) is 51.0 Å². The number of methoxy groups -OCH3 is 4. The van der Waals surface area contributed by atoms with Gasteiger partial charge in [0.15, 0.2) is 0 Å². The van der Waals surface area contributed by atoms with Gasteiger partial charge in [0.05, 0.1) is 28.4 Å². The Morgan fingerprint density at radius 2 is 0.686 bits per heavy atom. The van der Waals surface area contributed by atoms with Crippen molar-refractivity contribution in [2.24, 2.45) is 0 Å². The highest BCUT2D eigenvalue weighted by Crippen LogP contribution is 2.46. The number of benzene rings is 4. The predicted octanol–water partition coefficient (Wildman–Crippen LogP) is 4.72. The van der Waals surface area contributed by atoms with Gasteiger partial charge >= 0.3 is 0 Å². The van der Waals surface area contributed by atoms with Crippen molar-refractivity contribution < 1.29 is 18.9 Å². The van der Waals surface area contributed by atoms with Crippen LogP contribution in [0.25, 0.3) is 0 Å². The molecule has 4 rings (SSSR count). The smallest absolute Gasteiger partial charge is 0.119 e. The van der Waals surface area contributed by atoms with E-state index < -0.39 is 16.1 Å². The minimum atomic E-state index is -1.10. The molecule has 4 aromatic carbocycles. The SMILES string of the molecule is COc1cccc(P([N]P(c2cccc(OC)c2)c2cccc(OC)c2)c2cccc(OC)c2)c1. The normalized spacial score (nSPS) is 10.9. The second-order valence-corrected chi connectivity index (χ2v) is 11.5. The zero-order valence-corrected chi connectivity index (χ0v) is 22.0. The number of hydrogen-bond donors (Lipinski definition) is 0. The van der Waals surface area contributed by atoms with Crippen molar-refractivity contribution in [3.63, 3.8) is 0 Å². The average Bonchev–Trinajstić information content (AvgIpc) is 2.93. The Morgan fingerprint density at radius 1 is 0.429 bits per heavy atom. The number of rotatable bonds is 10. The van der Waals surface area contributed by atoms with Gasteiger partial charge in [0.1, 0.15) is 23.0 Å². The quantitative estimate of drug-likeness (QED) is 0.293. The van der Waals surface area contributed by atoms with E-state index >= 15 is 0 Å². The molecule has 5 nitrogen and oxygen atoms in total. The van der Waals surface area contributed by atoms with Crippen LogP contribution >= 0.6 is 16.1 Å². The molecule has 0 saturated heterocycles. The molecule has 0 amide bonds. The van der Waals surface area contributed by atoms with Gasteiger partial charge < -0.3 is 18.9 Å². The van der Waals surface area contributed by atoms with E-state index in [9.17, 15) is 0 Å². The largest absolute Gasteiger partial charge is 0.497 e. The molecule has 0 saturated carbocycles. The summed E-state index contributed by atoms with van der Waals surface area (Å²) in [6.45, 7) is 0. The first-order valence-electron chi connectivity index (χ1n) is 11.0. The maximum atomic E-state index is 5.57. The second-order valence-electron chi connectivity index (χ2n) is 7.52. The van der Waals surface area contributed by atoms with E-state index in [4.69, 9.17) is 23.8 Å². The second kappa shape index (κ2) is 12.0. The lowest BCUT2D eigenvalue weighted by Gasteiger charge is -2.26. The molecule has 0 aliphatic heterocycles. The maximum Gasteiger partial charge on any atom is 0.119 e. The van der Waals surface area contributed by atoms with Gasteiger partial charge in [-0.15, -0.1) is 0 Å². The van der Waals surface area contributed by atoms with Crippen LogP contribution in [-0.2, 0) is 0 Å². The van der Waals surface area contributed by atoms with Gasteiger partial charge in [-0.25, -0.2) is 0 Å². The molecule has 1 radical (unpaired) electrons. The first-order chi connectivity index (χ1) is 17.1. The monoisotopic (exact) mass is 504 g/mol.